The zero-order valence-electron chi connectivity index (χ0n) is 7.82. The predicted molar refractivity (Wildman–Crippen MR) is 40.2 cm³/mol. The molecule has 1 N–H and O–H groups in total. The second kappa shape index (κ2) is 8.89. The van der Waals surface area contributed by atoms with Gasteiger partial charge in [-0.3, -0.25) is 4.79 Å². The fraction of sp³-hybridized carbons (Fsp3) is 0.500. The first-order valence-electron chi connectivity index (χ1n) is 3.67. The molecule has 0 aliphatic rings. The number of carboxylic acid groups (broad SMARTS) is 2. The molecule has 0 spiro atoms. The molecule has 0 fully saturated rings. The molecule has 0 amide bonds. The van der Waals surface area contributed by atoms with Crippen LogP contribution in [0.15, 0.2) is 12.2 Å². The monoisotopic (exact) mass is 210 g/mol. The van der Waals surface area contributed by atoms with E-state index in [0.29, 0.717) is 6.42 Å². The van der Waals surface area contributed by atoms with Gasteiger partial charge in [-0.1, -0.05) is 19.1 Å². The summed E-state index contributed by atoms with van der Waals surface area (Å²) in [6, 6.07) is 0. The van der Waals surface area contributed by atoms with Crippen molar-refractivity contribution in [3.8, 4) is 0 Å². The molecular formula is C8H11KO4. The van der Waals surface area contributed by atoms with Gasteiger partial charge >= 0.3 is 57.4 Å². The number of carboxylic acids is 2. The maximum atomic E-state index is 10.4. The predicted octanol–water partition coefficient (Wildman–Crippen LogP) is -3.20. The van der Waals surface area contributed by atoms with Gasteiger partial charge in [0.1, 0.15) is 0 Å². The van der Waals surface area contributed by atoms with Crippen LogP contribution in [-0.2, 0) is 9.59 Å². The Bertz CT molecular complexity index is 200. The molecule has 0 aromatic rings. The zero-order chi connectivity index (χ0) is 9.56. The van der Waals surface area contributed by atoms with Crippen LogP contribution in [0.5, 0.6) is 0 Å². The van der Waals surface area contributed by atoms with Crippen molar-refractivity contribution in [1.29, 1.82) is 0 Å². The van der Waals surface area contributed by atoms with Crippen molar-refractivity contribution < 1.29 is 71.2 Å². The van der Waals surface area contributed by atoms with E-state index in [-0.39, 0.29) is 51.4 Å². The van der Waals surface area contributed by atoms with E-state index in [1.807, 2.05) is 6.92 Å². The average molecular weight is 210 g/mol. The molecule has 5 heteroatoms. The van der Waals surface area contributed by atoms with Gasteiger partial charge in [0.05, 0.1) is 5.92 Å². The molecule has 1 atom stereocenters. The minimum atomic E-state index is -1.34. The summed E-state index contributed by atoms with van der Waals surface area (Å²) < 4.78 is 0. The largest absolute Gasteiger partial charge is 1.00 e. The van der Waals surface area contributed by atoms with Crippen molar-refractivity contribution >= 4 is 11.9 Å². The number of aliphatic carboxylic acids is 2. The Balaban J connectivity index is 0. The quantitative estimate of drug-likeness (QED) is 0.383. The minimum Gasteiger partial charge on any atom is -0.550 e. The Labute approximate surface area is 119 Å². The Hall–Kier alpha value is 0.316. The van der Waals surface area contributed by atoms with Crippen LogP contribution >= 0.6 is 0 Å². The van der Waals surface area contributed by atoms with Crippen molar-refractivity contribution in [3.63, 3.8) is 0 Å². The number of rotatable bonds is 5. The van der Waals surface area contributed by atoms with Gasteiger partial charge in [0.15, 0.2) is 0 Å². The Morgan fingerprint density at radius 3 is 2.38 bits per heavy atom. The van der Waals surface area contributed by atoms with E-state index in [1.54, 1.807) is 6.08 Å². The third-order valence-electron chi connectivity index (χ3n) is 1.31. The molecule has 0 aliphatic heterocycles. The van der Waals surface area contributed by atoms with E-state index in [4.69, 9.17) is 5.11 Å². The Morgan fingerprint density at radius 2 is 2.08 bits per heavy atom. The van der Waals surface area contributed by atoms with E-state index >= 15 is 0 Å². The summed E-state index contributed by atoms with van der Waals surface area (Å²) in [6.07, 6.45) is 3.22. The van der Waals surface area contributed by atoms with E-state index in [1.165, 1.54) is 6.08 Å². The summed E-state index contributed by atoms with van der Waals surface area (Å²) in [6.45, 7) is 1.84. The molecule has 0 bridgehead atoms. The van der Waals surface area contributed by atoms with Crippen LogP contribution in [-0.4, -0.2) is 17.0 Å². The van der Waals surface area contributed by atoms with Crippen LogP contribution in [0.25, 0.3) is 0 Å². The standard InChI is InChI=1S/C8H12O4.K/c1-2-3-4-6(8(11)12)5-7(9)10;/h3-4,6H,2,5H2,1H3,(H,9,10)(H,11,12);/q;+1/p-1/b4-3+;. The fourth-order valence-corrected chi connectivity index (χ4v) is 0.718. The summed E-state index contributed by atoms with van der Waals surface area (Å²) in [5.41, 5.74) is 0. The molecular weight excluding hydrogens is 199 g/mol. The van der Waals surface area contributed by atoms with Crippen molar-refractivity contribution in [2.24, 2.45) is 5.92 Å². The van der Waals surface area contributed by atoms with Crippen LogP contribution < -0.4 is 56.5 Å². The number of allylic oxidation sites excluding steroid dienone is 1. The molecule has 0 aromatic carbocycles. The van der Waals surface area contributed by atoms with Gasteiger partial charge in [-0.25, -0.2) is 0 Å². The van der Waals surface area contributed by atoms with Crippen LogP contribution in [0.1, 0.15) is 19.8 Å². The molecule has 1 unspecified atom stereocenters. The molecule has 0 aromatic heterocycles. The molecule has 0 radical (unpaired) electrons. The van der Waals surface area contributed by atoms with Crippen LogP contribution in [0, 0.1) is 5.92 Å². The van der Waals surface area contributed by atoms with Gasteiger partial charge in [-0.2, -0.15) is 0 Å². The number of hydrogen-bond acceptors (Lipinski definition) is 3. The maximum absolute atomic E-state index is 10.4. The van der Waals surface area contributed by atoms with Crippen LogP contribution in [0.3, 0.4) is 0 Å². The van der Waals surface area contributed by atoms with Crippen molar-refractivity contribution in [2.75, 3.05) is 0 Å². The fourth-order valence-electron chi connectivity index (χ4n) is 0.718. The summed E-state index contributed by atoms with van der Waals surface area (Å²) >= 11 is 0. The molecule has 13 heavy (non-hydrogen) atoms. The SMILES string of the molecule is CC/C=C/C(CC(=O)[O-])C(=O)O.[K+]. The molecule has 0 heterocycles. The van der Waals surface area contributed by atoms with Crippen LogP contribution in [0.2, 0.25) is 0 Å². The second-order valence-corrected chi connectivity index (χ2v) is 2.36. The molecule has 68 valence electrons. The summed E-state index contributed by atoms with van der Waals surface area (Å²) in [5.74, 6) is -3.44. The first kappa shape index (κ1) is 15.8. The maximum Gasteiger partial charge on any atom is 1.00 e. The normalized spacial score (nSPS) is 12.1. The minimum absolute atomic E-state index is 0. The Kier molecular flexibility index (Phi) is 10.8. The smallest absolute Gasteiger partial charge is 0.550 e. The van der Waals surface area contributed by atoms with Gasteiger partial charge in [0, 0.05) is 12.4 Å². The first-order valence-corrected chi connectivity index (χ1v) is 3.67. The molecule has 0 saturated heterocycles. The van der Waals surface area contributed by atoms with Crippen LogP contribution in [0.4, 0.5) is 0 Å². The van der Waals surface area contributed by atoms with Gasteiger partial charge in [-0.15, -0.1) is 0 Å². The molecule has 0 saturated carbocycles. The number of carbonyl (C=O) groups excluding carboxylic acids is 1. The van der Waals surface area contributed by atoms with E-state index < -0.39 is 24.3 Å². The third kappa shape index (κ3) is 8.64. The van der Waals surface area contributed by atoms with Crippen molar-refractivity contribution in [1.82, 2.24) is 0 Å². The Morgan fingerprint density at radius 1 is 1.54 bits per heavy atom. The van der Waals surface area contributed by atoms with Gasteiger partial charge < -0.3 is 15.0 Å². The number of carbonyl (C=O) groups is 2. The van der Waals surface area contributed by atoms with Gasteiger partial charge in [-0.05, 0) is 6.42 Å². The molecule has 0 rings (SSSR count). The second-order valence-electron chi connectivity index (χ2n) is 2.36. The van der Waals surface area contributed by atoms with Gasteiger partial charge in [0.2, 0.25) is 0 Å². The van der Waals surface area contributed by atoms with E-state index in [0.717, 1.165) is 0 Å². The molecule has 4 nitrogen and oxygen atoms in total. The van der Waals surface area contributed by atoms with Gasteiger partial charge in [0.25, 0.3) is 0 Å². The summed E-state index contributed by atoms with van der Waals surface area (Å²) in [4.78, 5) is 20.5. The van der Waals surface area contributed by atoms with E-state index in [9.17, 15) is 14.7 Å². The summed E-state index contributed by atoms with van der Waals surface area (Å²) in [5, 5.41) is 18.6. The van der Waals surface area contributed by atoms with Crippen molar-refractivity contribution in [2.45, 2.75) is 19.8 Å². The zero-order valence-corrected chi connectivity index (χ0v) is 10.9. The summed E-state index contributed by atoms with van der Waals surface area (Å²) in [7, 11) is 0. The third-order valence-corrected chi connectivity index (χ3v) is 1.31. The number of hydrogen-bond donors (Lipinski definition) is 1. The average Bonchev–Trinajstić information content (AvgIpc) is 1.96. The topological polar surface area (TPSA) is 77.4 Å². The first-order chi connectivity index (χ1) is 5.57. The van der Waals surface area contributed by atoms with E-state index in [2.05, 4.69) is 0 Å². The van der Waals surface area contributed by atoms with Crippen molar-refractivity contribution in [3.05, 3.63) is 12.2 Å². The molecule has 0 aliphatic carbocycles.